The number of carbonyl (C=O) groups excluding carboxylic acids is 1. The molecule has 4 aromatic rings. The fraction of sp³-hybridized carbons (Fsp3) is 0.258. The highest BCUT2D eigenvalue weighted by molar-refractivity contribution is 5.99. The van der Waals surface area contributed by atoms with Crippen LogP contribution in [0.5, 0.6) is 5.88 Å². The predicted molar refractivity (Wildman–Crippen MR) is 147 cm³/mol. The molecule has 0 bridgehead atoms. The van der Waals surface area contributed by atoms with Gasteiger partial charge in [-0.2, -0.15) is 4.98 Å². The van der Waals surface area contributed by atoms with Crippen molar-refractivity contribution < 1.29 is 23.1 Å². The van der Waals surface area contributed by atoms with Gasteiger partial charge in [-0.15, -0.1) is 0 Å². The smallest absolute Gasteiger partial charge is 0.261 e. The zero-order valence-corrected chi connectivity index (χ0v) is 22.3. The van der Waals surface area contributed by atoms with Crippen LogP contribution in [-0.4, -0.2) is 20.6 Å². The minimum atomic E-state index is -0.785. The van der Waals surface area contributed by atoms with Crippen molar-refractivity contribution in [1.82, 2.24) is 9.55 Å². The molecule has 0 aliphatic carbocycles. The second kappa shape index (κ2) is 12.2. The lowest BCUT2D eigenvalue weighted by molar-refractivity contribution is 0.100. The third kappa shape index (κ3) is 6.09. The number of aryl methyl sites for hydroxylation is 1. The molecule has 40 heavy (non-hydrogen) atoms. The fourth-order valence-corrected chi connectivity index (χ4v) is 4.95. The third-order valence-electron chi connectivity index (χ3n) is 6.85. The number of aromatic hydroxyl groups is 1. The van der Waals surface area contributed by atoms with Gasteiger partial charge in [-0.05, 0) is 59.4 Å². The summed E-state index contributed by atoms with van der Waals surface area (Å²) in [5, 5.41) is 10.9. The SMILES string of the molecule is CCCCc1nc(O)c(Cc2cccc(-c3ccc(F)cc3C(N)=O)c2)c(=O)n1[C@@H](CC)c1cc(F)cc(F)c1. The van der Waals surface area contributed by atoms with E-state index in [1.807, 2.05) is 6.92 Å². The summed E-state index contributed by atoms with van der Waals surface area (Å²) >= 11 is 0. The normalized spacial score (nSPS) is 11.9. The highest BCUT2D eigenvalue weighted by Crippen LogP contribution is 2.29. The van der Waals surface area contributed by atoms with Crippen LogP contribution in [-0.2, 0) is 12.8 Å². The molecule has 0 unspecified atom stereocenters. The Morgan fingerprint density at radius 2 is 1.73 bits per heavy atom. The van der Waals surface area contributed by atoms with E-state index in [0.717, 1.165) is 18.6 Å². The number of amides is 1. The number of halogens is 3. The lowest BCUT2D eigenvalue weighted by atomic mass is 9.96. The Balaban J connectivity index is 1.82. The quantitative estimate of drug-likeness (QED) is 0.251. The van der Waals surface area contributed by atoms with Gasteiger partial charge in [0, 0.05) is 24.5 Å². The first kappa shape index (κ1) is 28.6. The van der Waals surface area contributed by atoms with E-state index in [-0.39, 0.29) is 23.1 Å². The molecule has 1 heterocycles. The van der Waals surface area contributed by atoms with Gasteiger partial charge in [0.1, 0.15) is 23.3 Å². The van der Waals surface area contributed by atoms with Crippen molar-refractivity contribution in [2.75, 3.05) is 0 Å². The van der Waals surface area contributed by atoms with Gasteiger partial charge in [0.15, 0.2) is 0 Å². The Bertz CT molecular complexity index is 1600. The topological polar surface area (TPSA) is 98.2 Å². The lowest BCUT2D eigenvalue weighted by Crippen LogP contribution is -2.32. The Morgan fingerprint density at radius 1 is 1.00 bits per heavy atom. The summed E-state index contributed by atoms with van der Waals surface area (Å²) in [5.41, 5.74) is 6.86. The number of unbranched alkanes of at least 4 members (excludes halogenated alkanes) is 1. The summed E-state index contributed by atoms with van der Waals surface area (Å²) in [7, 11) is 0. The Morgan fingerprint density at radius 3 is 2.38 bits per heavy atom. The standard InChI is InChI=1S/C31H30F3N3O3/c1-3-5-9-28-36-30(39)26(31(40)37(28)27(4-2)20-14-22(33)16-23(34)15-20)13-18-7-6-8-19(12-18)24-11-10-21(32)17-25(24)29(35)38/h6-8,10-12,14-17,27,39H,3-5,9,13H2,1-2H3,(H2,35,38)/t27-/m0/s1. The zero-order chi connectivity index (χ0) is 29.0. The first-order valence-corrected chi connectivity index (χ1v) is 13.1. The molecule has 3 N–H and O–H groups in total. The van der Waals surface area contributed by atoms with Gasteiger partial charge in [-0.3, -0.25) is 14.2 Å². The number of hydrogen-bond donors (Lipinski definition) is 2. The summed E-state index contributed by atoms with van der Waals surface area (Å²) in [6.07, 6.45) is 2.24. The molecule has 0 saturated heterocycles. The van der Waals surface area contributed by atoms with Crippen LogP contribution in [0.4, 0.5) is 13.2 Å². The van der Waals surface area contributed by atoms with Crippen LogP contribution < -0.4 is 11.3 Å². The summed E-state index contributed by atoms with van der Waals surface area (Å²) in [6.45, 7) is 3.78. The number of carbonyl (C=O) groups is 1. The number of nitrogens with zero attached hydrogens (tertiary/aromatic N) is 2. The van der Waals surface area contributed by atoms with Gasteiger partial charge in [0.25, 0.3) is 5.56 Å². The van der Waals surface area contributed by atoms with E-state index in [2.05, 4.69) is 4.98 Å². The minimum absolute atomic E-state index is 0.0115. The molecule has 0 fully saturated rings. The van der Waals surface area contributed by atoms with E-state index in [1.54, 1.807) is 31.2 Å². The summed E-state index contributed by atoms with van der Waals surface area (Å²) < 4.78 is 43.4. The average Bonchev–Trinajstić information content (AvgIpc) is 2.91. The number of primary amides is 1. The first-order chi connectivity index (χ1) is 19.1. The second-order valence-electron chi connectivity index (χ2n) is 9.67. The molecular formula is C31H30F3N3O3. The number of nitrogens with two attached hydrogens (primary N) is 1. The fourth-order valence-electron chi connectivity index (χ4n) is 4.95. The lowest BCUT2D eigenvalue weighted by Gasteiger charge is -2.23. The highest BCUT2D eigenvalue weighted by Gasteiger charge is 2.24. The van der Waals surface area contributed by atoms with E-state index in [0.29, 0.717) is 41.8 Å². The van der Waals surface area contributed by atoms with Crippen molar-refractivity contribution >= 4 is 5.91 Å². The largest absolute Gasteiger partial charge is 0.493 e. The maximum atomic E-state index is 14.1. The Hall–Kier alpha value is -4.40. The highest BCUT2D eigenvalue weighted by atomic mass is 19.1. The van der Waals surface area contributed by atoms with E-state index in [9.17, 15) is 27.9 Å². The van der Waals surface area contributed by atoms with Crippen molar-refractivity contribution in [2.45, 2.75) is 52.0 Å². The monoisotopic (exact) mass is 549 g/mol. The number of benzene rings is 3. The van der Waals surface area contributed by atoms with Crippen molar-refractivity contribution in [3.63, 3.8) is 0 Å². The summed E-state index contributed by atoms with van der Waals surface area (Å²) in [6, 6.07) is 13.1. The molecule has 0 saturated carbocycles. The molecule has 3 aromatic carbocycles. The molecule has 0 aliphatic heterocycles. The molecule has 1 aromatic heterocycles. The van der Waals surface area contributed by atoms with Gasteiger partial charge in [0.2, 0.25) is 11.8 Å². The van der Waals surface area contributed by atoms with Crippen LogP contribution in [0, 0.1) is 17.5 Å². The van der Waals surface area contributed by atoms with E-state index < -0.39 is 40.8 Å². The van der Waals surface area contributed by atoms with Gasteiger partial charge in [-0.25, -0.2) is 13.2 Å². The maximum Gasteiger partial charge on any atom is 0.261 e. The average molecular weight is 550 g/mol. The van der Waals surface area contributed by atoms with E-state index >= 15 is 0 Å². The van der Waals surface area contributed by atoms with Crippen LogP contribution in [0.25, 0.3) is 11.1 Å². The number of aromatic nitrogens is 2. The molecule has 0 aliphatic rings. The van der Waals surface area contributed by atoms with Crippen LogP contribution >= 0.6 is 0 Å². The zero-order valence-electron chi connectivity index (χ0n) is 22.3. The van der Waals surface area contributed by atoms with Gasteiger partial charge < -0.3 is 10.8 Å². The van der Waals surface area contributed by atoms with Crippen LogP contribution in [0.1, 0.15) is 72.0 Å². The third-order valence-corrected chi connectivity index (χ3v) is 6.85. The first-order valence-electron chi connectivity index (χ1n) is 13.1. The molecule has 0 spiro atoms. The summed E-state index contributed by atoms with van der Waals surface area (Å²) in [5.74, 6) is -2.98. The molecule has 6 nitrogen and oxygen atoms in total. The van der Waals surface area contributed by atoms with Crippen molar-refractivity contribution in [1.29, 1.82) is 0 Å². The van der Waals surface area contributed by atoms with Gasteiger partial charge in [-0.1, -0.05) is 50.6 Å². The van der Waals surface area contributed by atoms with Crippen LogP contribution in [0.2, 0.25) is 0 Å². The minimum Gasteiger partial charge on any atom is -0.493 e. The van der Waals surface area contributed by atoms with Crippen molar-refractivity contribution in [3.8, 4) is 17.0 Å². The second-order valence-corrected chi connectivity index (χ2v) is 9.67. The predicted octanol–water partition coefficient (Wildman–Crippen LogP) is 6.06. The number of hydrogen-bond acceptors (Lipinski definition) is 4. The molecule has 9 heteroatoms. The molecule has 0 radical (unpaired) electrons. The van der Waals surface area contributed by atoms with E-state index in [1.165, 1.54) is 28.8 Å². The molecule has 208 valence electrons. The van der Waals surface area contributed by atoms with Crippen LogP contribution in [0.15, 0.2) is 65.5 Å². The van der Waals surface area contributed by atoms with Crippen LogP contribution in [0.3, 0.4) is 0 Å². The number of rotatable bonds is 10. The Labute approximate surface area is 229 Å². The van der Waals surface area contributed by atoms with E-state index in [4.69, 9.17) is 5.73 Å². The molecule has 4 rings (SSSR count). The Kier molecular flexibility index (Phi) is 8.72. The van der Waals surface area contributed by atoms with Gasteiger partial charge in [0.05, 0.1) is 11.6 Å². The molecule has 1 amide bonds. The van der Waals surface area contributed by atoms with Crippen molar-refractivity contribution in [2.24, 2.45) is 5.73 Å². The van der Waals surface area contributed by atoms with Crippen molar-refractivity contribution in [3.05, 3.63) is 117 Å². The summed E-state index contributed by atoms with van der Waals surface area (Å²) in [4.78, 5) is 30.2. The molecule has 1 atom stereocenters. The molecular weight excluding hydrogens is 519 g/mol. The maximum absolute atomic E-state index is 14.1. The van der Waals surface area contributed by atoms with Gasteiger partial charge >= 0.3 is 0 Å².